The SMILES string of the molecule is NCc1ccc(F)c(COc2cccc(CO)c2)c1. The summed E-state index contributed by atoms with van der Waals surface area (Å²) in [4.78, 5) is 0. The zero-order valence-corrected chi connectivity index (χ0v) is 10.5. The Morgan fingerprint density at radius 3 is 2.68 bits per heavy atom. The van der Waals surface area contributed by atoms with Crippen molar-refractivity contribution in [2.24, 2.45) is 5.73 Å². The lowest BCUT2D eigenvalue weighted by Gasteiger charge is -2.09. The Balaban J connectivity index is 2.09. The van der Waals surface area contributed by atoms with Gasteiger partial charge in [-0.3, -0.25) is 0 Å². The minimum absolute atomic E-state index is 0.0474. The number of rotatable bonds is 5. The molecule has 3 N–H and O–H groups in total. The molecule has 0 amide bonds. The van der Waals surface area contributed by atoms with Gasteiger partial charge in [-0.05, 0) is 35.4 Å². The van der Waals surface area contributed by atoms with Crippen molar-refractivity contribution >= 4 is 0 Å². The molecule has 0 aliphatic rings. The second kappa shape index (κ2) is 6.31. The average molecular weight is 261 g/mol. The molecule has 0 heterocycles. The predicted molar refractivity (Wildman–Crippen MR) is 71.0 cm³/mol. The van der Waals surface area contributed by atoms with Crippen molar-refractivity contribution in [3.8, 4) is 5.75 Å². The maximum absolute atomic E-state index is 13.6. The third-order valence-electron chi connectivity index (χ3n) is 2.82. The first-order chi connectivity index (χ1) is 9.22. The Bertz CT molecular complexity index is 558. The van der Waals surface area contributed by atoms with E-state index in [1.165, 1.54) is 6.07 Å². The summed E-state index contributed by atoms with van der Waals surface area (Å²) < 4.78 is 19.1. The van der Waals surface area contributed by atoms with E-state index in [1.54, 1.807) is 36.4 Å². The van der Waals surface area contributed by atoms with Gasteiger partial charge in [-0.25, -0.2) is 4.39 Å². The smallest absolute Gasteiger partial charge is 0.129 e. The zero-order chi connectivity index (χ0) is 13.7. The van der Waals surface area contributed by atoms with Crippen LogP contribution in [0.3, 0.4) is 0 Å². The maximum atomic E-state index is 13.6. The number of aliphatic hydroxyl groups is 1. The molecule has 0 atom stereocenters. The average Bonchev–Trinajstić information content (AvgIpc) is 2.46. The molecule has 0 bridgehead atoms. The molecule has 0 saturated heterocycles. The largest absolute Gasteiger partial charge is 0.489 e. The van der Waals surface area contributed by atoms with Crippen molar-refractivity contribution in [1.82, 2.24) is 0 Å². The quantitative estimate of drug-likeness (QED) is 0.868. The molecule has 0 aromatic heterocycles. The van der Waals surface area contributed by atoms with Crippen LogP contribution in [0.1, 0.15) is 16.7 Å². The Labute approximate surface area is 111 Å². The fraction of sp³-hybridized carbons (Fsp3) is 0.200. The molecule has 0 aliphatic heterocycles. The Hall–Kier alpha value is -1.91. The summed E-state index contributed by atoms with van der Waals surface area (Å²) in [5, 5.41) is 9.03. The van der Waals surface area contributed by atoms with Gasteiger partial charge in [0, 0.05) is 12.1 Å². The molecule has 0 saturated carbocycles. The number of halogens is 1. The number of ether oxygens (including phenoxy) is 1. The second-order valence-corrected chi connectivity index (χ2v) is 4.22. The molecule has 0 fully saturated rings. The van der Waals surface area contributed by atoms with Crippen molar-refractivity contribution in [3.05, 3.63) is 65.0 Å². The highest BCUT2D eigenvalue weighted by Gasteiger charge is 2.04. The number of aliphatic hydroxyl groups excluding tert-OH is 1. The van der Waals surface area contributed by atoms with Gasteiger partial charge in [0.25, 0.3) is 0 Å². The summed E-state index contributed by atoms with van der Waals surface area (Å²) in [6.45, 7) is 0.454. The van der Waals surface area contributed by atoms with E-state index in [0.717, 1.165) is 11.1 Å². The molecule has 2 aromatic carbocycles. The lowest BCUT2D eigenvalue weighted by molar-refractivity contribution is 0.277. The van der Waals surface area contributed by atoms with Crippen molar-refractivity contribution in [3.63, 3.8) is 0 Å². The highest BCUT2D eigenvalue weighted by atomic mass is 19.1. The Morgan fingerprint density at radius 1 is 1.11 bits per heavy atom. The van der Waals surface area contributed by atoms with E-state index >= 15 is 0 Å². The molecule has 19 heavy (non-hydrogen) atoms. The number of hydrogen-bond acceptors (Lipinski definition) is 3. The standard InChI is InChI=1S/C15H16FNO2/c16-15-5-4-11(8-17)6-13(15)10-19-14-3-1-2-12(7-14)9-18/h1-7,18H,8-10,17H2. The van der Waals surface area contributed by atoms with Gasteiger partial charge in [-0.2, -0.15) is 0 Å². The van der Waals surface area contributed by atoms with Crippen molar-refractivity contribution in [1.29, 1.82) is 0 Å². The van der Waals surface area contributed by atoms with E-state index in [4.69, 9.17) is 15.6 Å². The first kappa shape index (κ1) is 13.5. The van der Waals surface area contributed by atoms with Crippen molar-refractivity contribution in [2.45, 2.75) is 19.8 Å². The summed E-state index contributed by atoms with van der Waals surface area (Å²) in [6, 6.07) is 11.8. The van der Waals surface area contributed by atoms with Gasteiger partial charge in [0.2, 0.25) is 0 Å². The van der Waals surface area contributed by atoms with Gasteiger partial charge in [-0.1, -0.05) is 18.2 Å². The number of nitrogens with two attached hydrogens (primary N) is 1. The maximum Gasteiger partial charge on any atom is 0.129 e. The van der Waals surface area contributed by atoms with E-state index in [0.29, 0.717) is 17.9 Å². The van der Waals surface area contributed by atoms with Gasteiger partial charge in [-0.15, -0.1) is 0 Å². The first-order valence-electron chi connectivity index (χ1n) is 6.03. The van der Waals surface area contributed by atoms with E-state index in [1.807, 2.05) is 0 Å². The van der Waals surface area contributed by atoms with Gasteiger partial charge in [0.1, 0.15) is 18.2 Å². The van der Waals surface area contributed by atoms with E-state index < -0.39 is 0 Å². The van der Waals surface area contributed by atoms with Gasteiger partial charge in [0.15, 0.2) is 0 Å². The summed E-state index contributed by atoms with van der Waals surface area (Å²) in [6.07, 6.45) is 0. The molecule has 0 radical (unpaired) electrons. The van der Waals surface area contributed by atoms with Gasteiger partial charge < -0.3 is 15.6 Å². The minimum Gasteiger partial charge on any atom is -0.489 e. The van der Waals surface area contributed by atoms with Crippen LogP contribution >= 0.6 is 0 Å². The lowest BCUT2D eigenvalue weighted by atomic mass is 10.1. The van der Waals surface area contributed by atoms with Crippen LogP contribution in [0, 0.1) is 5.82 Å². The molecule has 0 aliphatic carbocycles. The topological polar surface area (TPSA) is 55.5 Å². The van der Waals surface area contributed by atoms with Crippen LogP contribution in [0.25, 0.3) is 0 Å². The molecule has 2 rings (SSSR count). The van der Waals surface area contributed by atoms with E-state index in [9.17, 15) is 4.39 Å². The molecule has 2 aromatic rings. The van der Waals surface area contributed by atoms with Crippen molar-refractivity contribution < 1.29 is 14.2 Å². The summed E-state index contributed by atoms with van der Waals surface area (Å²) in [5.41, 5.74) is 7.62. The predicted octanol–water partition coefficient (Wildman–Crippen LogP) is 2.36. The van der Waals surface area contributed by atoms with Crippen LogP contribution in [0.2, 0.25) is 0 Å². The third-order valence-corrected chi connectivity index (χ3v) is 2.82. The van der Waals surface area contributed by atoms with E-state index in [-0.39, 0.29) is 19.0 Å². The number of hydrogen-bond donors (Lipinski definition) is 2. The molecule has 0 unspecified atom stereocenters. The third kappa shape index (κ3) is 3.53. The van der Waals surface area contributed by atoms with Gasteiger partial charge >= 0.3 is 0 Å². The minimum atomic E-state index is -0.310. The fourth-order valence-corrected chi connectivity index (χ4v) is 1.76. The van der Waals surface area contributed by atoms with Crippen LogP contribution in [-0.2, 0) is 19.8 Å². The first-order valence-corrected chi connectivity index (χ1v) is 6.03. The number of benzene rings is 2. The zero-order valence-electron chi connectivity index (χ0n) is 10.5. The van der Waals surface area contributed by atoms with Crippen LogP contribution in [-0.4, -0.2) is 5.11 Å². The van der Waals surface area contributed by atoms with Crippen LogP contribution in [0.15, 0.2) is 42.5 Å². The molecular formula is C15H16FNO2. The second-order valence-electron chi connectivity index (χ2n) is 4.22. The summed E-state index contributed by atoms with van der Waals surface area (Å²) in [7, 11) is 0. The Kier molecular flexibility index (Phi) is 4.49. The molecule has 100 valence electrons. The molecular weight excluding hydrogens is 245 g/mol. The highest BCUT2D eigenvalue weighted by molar-refractivity contribution is 5.29. The van der Waals surface area contributed by atoms with Crippen LogP contribution in [0.5, 0.6) is 5.75 Å². The summed E-state index contributed by atoms with van der Waals surface area (Å²) in [5.74, 6) is 0.291. The van der Waals surface area contributed by atoms with Crippen LogP contribution < -0.4 is 10.5 Å². The van der Waals surface area contributed by atoms with E-state index in [2.05, 4.69) is 0 Å². The molecule has 0 spiro atoms. The monoisotopic (exact) mass is 261 g/mol. The van der Waals surface area contributed by atoms with Crippen molar-refractivity contribution in [2.75, 3.05) is 0 Å². The summed E-state index contributed by atoms with van der Waals surface area (Å²) >= 11 is 0. The fourth-order valence-electron chi connectivity index (χ4n) is 1.76. The Morgan fingerprint density at radius 2 is 1.95 bits per heavy atom. The lowest BCUT2D eigenvalue weighted by Crippen LogP contribution is -2.02. The highest BCUT2D eigenvalue weighted by Crippen LogP contribution is 2.17. The normalized spacial score (nSPS) is 10.5. The molecule has 4 heteroatoms. The van der Waals surface area contributed by atoms with Crippen LogP contribution in [0.4, 0.5) is 4.39 Å². The molecule has 3 nitrogen and oxygen atoms in total. The van der Waals surface area contributed by atoms with Gasteiger partial charge in [0.05, 0.1) is 6.61 Å².